The van der Waals surface area contributed by atoms with Crippen molar-refractivity contribution >= 4 is 22.9 Å². The van der Waals surface area contributed by atoms with Crippen molar-refractivity contribution in [1.82, 2.24) is 4.98 Å². The van der Waals surface area contributed by atoms with E-state index in [1.165, 1.54) is 11.3 Å². The molecule has 1 aromatic heterocycles. The SMILES string of the molecule is N[C@@H](CCO)c1cnc(Cl)s1. The molecule has 0 radical (unpaired) electrons. The first kappa shape index (κ1) is 8.93. The van der Waals surface area contributed by atoms with Crippen molar-refractivity contribution < 1.29 is 5.11 Å². The van der Waals surface area contributed by atoms with Gasteiger partial charge in [-0.05, 0) is 6.42 Å². The van der Waals surface area contributed by atoms with Gasteiger partial charge in [0, 0.05) is 23.7 Å². The number of rotatable bonds is 3. The number of nitrogens with two attached hydrogens (primary N) is 1. The van der Waals surface area contributed by atoms with Crippen molar-refractivity contribution in [1.29, 1.82) is 0 Å². The first-order valence-corrected chi connectivity index (χ1v) is 4.41. The zero-order valence-corrected chi connectivity index (χ0v) is 7.40. The van der Waals surface area contributed by atoms with E-state index in [-0.39, 0.29) is 12.6 Å². The minimum Gasteiger partial charge on any atom is -0.396 e. The van der Waals surface area contributed by atoms with Gasteiger partial charge in [0.05, 0.1) is 0 Å². The number of aliphatic hydroxyl groups excluding tert-OH is 1. The van der Waals surface area contributed by atoms with Crippen LogP contribution in [0.2, 0.25) is 4.47 Å². The molecule has 0 aliphatic rings. The molecule has 0 amide bonds. The molecule has 0 aromatic carbocycles. The maximum absolute atomic E-state index is 8.58. The fourth-order valence-corrected chi connectivity index (χ4v) is 1.71. The zero-order chi connectivity index (χ0) is 8.27. The van der Waals surface area contributed by atoms with Gasteiger partial charge in [-0.3, -0.25) is 0 Å². The lowest BCUT2D eigenvalue weighted by atomic mass is 10.2. The van der Waals surface area contributed by atoms with Crippen LogP contribution in [0.5, 0.6) is 0 Å². The predicted molar refractivity (Wildman–Crippen MR) is 45.8 cm³/mol. The van der Waals surface area contributed by atoms with Crippen LogP contribution in [0.25, 0.3) is 0 Å². The van der Waals surface area contributed by atoms with E-state index in [1.807, 2.05) is 0 Å². The number of nitrogens with zero attached hydrogens (tertiary/aromatic N) is 1. The number of halogens is 1. The molecule has 0 fully saturated rings. The van der Waals surface area contributed by atoms with Gasteiger partial charge in [0.25, 0.3) is 0 Å². The standard InChI is InChI=1S/C6H9ClN2OS/c7-6-9-3-5(11-6)4(8)1-2-10/h3-4,10H,1-2,8H2/t4-/m0/s1. The molecule has 1 atom stereocenters. The van der Waals surface area contributed by atoms with Crippen LogP contribution in [0.1, 0.15) is 17.3 Å². The molecule has 0 aliphatic heterocycles. The summed E-state index contributed by atoms with van der Waals surface area (Å²) in [6.45, 7) is 0.0939. The number of aromatic nitrogens is 1. The maximum atomic E-state index is 8.58. The van der Waals surface area contributed by atoms with Gasteiger partial charge >= 0.3 is 0 Å². The average Bonchev–Trinajstić information content (AvgIpc) is 2.36. The Morgan fingerprint density at radius 1 is 1.82 bits per heavy atom. The van der Waals surface area contributed by atoms with E-state index in [2.05, 4.69) is 4.98 Å². The Kier molecular flexibility index (Phi) is 3.26. The van der Waals surface area contributed by atoms with Gasteiger partial charge in [-0.1, -0.05) is 11.6 Å². The molecule has 0 spiro atoms. The van der Waals surface area contributed by atoms with Crippen molar-refractivity contribution in [3.63, 3.8) is 0 Å². The van der Waals surface area contributed by atoms with E-state index < -0.39 is 0 Å². The molecule has 1 heterocycles. The third kappa shape index (κ3) is 2.41. The van der Waals surface area contributed by atoms with Gasteiger partial charge in [-0.2, -0.15) is 0 Å². The average molecular weight is 193 g/mol. The summed E-state index contributed by atoms with van der Waals surface area (Å²) < 4.78 is 0.494. The summed E-state index contributed by atoms with van der Waals surface area (Å²) in [6, 6.07) is -0.134. The fraction of sp³-hybridized carbons (Fsp3) is 0.500. The molecule has 0 unspecified atom stereocenters. The number of hydrogen-bond acceptors (Lipinski definition) is 4. The summed E-state index contributed by atoms with van der Waals surface area (Å²) in [6.07, 6.45) is 2.20. The second-order valence-corrected chi connectivity index (χ2v) is 3.78. The predicted octanol–water partition coefficient (Wildman–Crippen LogP) is 1.18. The van der Waals surface area contributed by atoms with Crippen LogP contribution in [0.4, 0.5) is 0 Å². The van der Waals surface area contributed by atoms with Gasteiger partial charge in [-0.15, -0.1) is 11.3 Å². The van der Waals surface area contributed by atoms with Crippen molar-refractivity contribution in [2.24, 2.45) is 5.73 Å². The topological polar surface area (TPSA) is 59.1 Å². The zero-order valence-electron chi connectivity index (χ0n) is 5.83. The van der Waals surface area contributed by atoms with Crippen LogP contribution in [-0.2, 0) is 0 Å². The minimum absolute atomic E-state index is 0.0939. The largest absolute Gasteiger partial charge is 0.396 e. The van der Waals surface area contributed by atoms with Crippen LogP contribution in [0.15, 0.2) is 6.20 Å². The lowest BCUT2D eigenvalue weighted by molar-refractivity contribution is 0.277. The lowest BCUT2D eigenvalue weighted by Gasteiger charge is -2.04. The molecule has 11 heavy (non-hydrogen) atoms. The monoisotopic (exact) mass is 192 g/mol. The molecule has 0 bridgehead atoms. The lowest BCUT2D eigenvalue weighted by Crippen LogP contribution is -2.09. The number of aliphatic hydroxyl groups is 1. The van der Waals surface area contributed by atoms with Crippen molar-refractivity contribution in [2.75, 3.05) is 6.61 Å². The molecule has 1 aromatic rings. The molecular formula is C6H9ClN2OS. The molecule has 0 saturated carbocycles. The highest BCUT2D eigenvalue weighted by Crippen LogP contribution is 2.23. The van der Waals surface area contributed by atoms with Crippen LogP contribution >= 0.6 is 22.9 Å². The van der Waals surface area contributed by atoms with E-state index in [4.69, 9.17) is 22.4 Å². The Hall–Kier alpha value is -0.160. The van der Waals surface area contributed by atoms with Crippen molar-refractivity contribution in [3.8, 4) is 0 Å². The molecule has 0 saturated heterocycles. The second-order valence-electron chi connectivity index (χ2n) is 2.13. The van der Waals surface area contributed by atoms with E-state index in [9.17, 15) is 0 Å². The highest BCUT2D eigenvalue weighted by atomic mass is 35.5. The van der Waals surface area contributed by atoms with Gasteiger partial charge in [0.2, 0.25) is 0 Å². The van der Waals surface area contributed by atoms with Gasteiger partial charge < -0.3 is 10.8 Å². The Balaban J connectivity index is 2.60. The minimum atomic E-state index is -0.134. The summed E-state index contributed by atoms with van der Waals surface area (Å²) in [5.74, 6) is 0. The van der Waals surface area contributed by atoms with Crippen molar-refractivity contribution in [2.45, 2.75) is 12.5 Å². The summed E-state index contributed by atoms with van der Waals surface area (Å²) in [4.78, 5) is 4.76. The highest BCUT2D eigenvalue weighted by molar-refractivity contribution is 7.15. The molecule has 1 rings (SSSR count). The van der Waals surface area contributed by atoms with E-state index in [0.29, 0.717) is 10.9 Å². The summed E-state index contributed by atoms with van der Waals surface area (Å²) in [5.41, 5.74) is 5.67. The van der Waals surface area contributed by atoms with Crippen LogP contribution in [-0.4, -0.2) is 16.7 Å². The normalized spacial score (nSPS) is 13.4. The van der Waals surface area contributed by atoms with Gasteiger partial charge in [-0.25, -0.2) is 4.98 Å². The maximum Gasteiger partial charge on any atom is 0.183 e. The molecular weight excluding hydrogens is 184 g/mol. The summed E-state index contributed by atoms with van der Waals surface area (Å²) in [7, 11) is 0. The number of thiazole rings is 1. The first-order valence-electron chi connectivity index (χ1n) is 3.21. The molecule has 3 N–H and O–H groups in total. The van der Waals surface area contributed by atoms with Crippen LogP contribution in [0, 0.1) is 0 Å². The highest BCUT2D eigenvalue weighted by Gasteiger charge is 2.08. The molecule has 0 aliphatic carbocycles. The molecule has 62 valence electrons. The Labute approximate surface area is 73.8 Å². The van der Waals surface area contributed by atoms with E-state index in [0.717, 1.165) is 4.88 Å². The fourth-order valence-electron chi connectivity index (χ4n) is 0.717. The van der Waals surface area contributed by atoms with Crippen molar-refractivity contribution in [3.05, 3.63) is 15.5 Å². The Morgan fingerprint density at radius 3 is 3.00 bits per heavy atom. The van der Waals surface area contributed by atoms with Gasteiger partial charge in [0.15, 0.2) is 4.47 Å². The summed E-state index contributed by atoms with van der Waals surface area (Å²) in [5, 5.41) is 8.58. The molecule has 5 heteroatoms. The third-order valence-electron chi connectivity index (χ3n) is 1.30. The smallest absolute Gasteiger partial charge is 0.183 e. The van der Waals surface area contributed by atoms with Crippen LogP contribution < -0.4 is 5.73 Å². The second kappa shape index (κ2) is 4.01. The first-order chi connectivity index (χ1) is 5.24. The Morgan fingerprint density at radius 2 is 2.55 bits per heavy atom. The van der Waals surface area contributed by atoms with E-state index in [1.54, 1.807) is 6.20 Å². The quantitative estimate of drug-likeness (QED) is 0.756. The van der Waals surface area contributed by atoms with Crippen LogP contribution in [0.3, 0.4) is 0 Å². The molecule has 3 nitrogen and oxygen atoms in total. The Bertz CT molecular complexity index is 228. The third-order valence-corrected chi connectivity index (χ3v) is 2.55. The van der Waals surface area contributed by atoms with Gasteiger partial charge in [0.1, 0.15) is 0 Å². The number of hydrogen-bond donors (Lipinski definition) is 2. The summed E-state index contributed by atoms with van der Waals surface area (Å²) >= 11 is 6.95. The van der Waals surface area contributed by atoms with E-state index >= 15 is 0 Å².